The van der Waals surface area contributed by atoms with Crippen LogP contribution in [0.2, 0.25) is 0 Å². The molecule has 0 aromatic heterocycles. The predicted octanol–water partition coefficient (Wildman–Crippen LogP) is 4.47. The summed E-state index contributed by atoms with van der Waals surface area (Å²) in [5.41, 5.74) is 2.28. The van der Waals surface area contributed by atoms with Crippen LogP contribution in [0.3, 0.4) is 0 Å². The third-order valence-electron chi connectivity index (χ3n) is 7.06. The smallest absolute Gasteiger partial charge is 0.254 e. The third-order valence-corrected chi connectivity index (χ3v) is 7.75. The Morgan fingerprint density at radius 3 is 2.06 bits per heavy atom. The molecule has 4 rings (SSSR count). The number of aryl methyl sites for hydroxylation is 1. The molecule has 0 radical (unpaired) electrons. The van der Waals surface area contributed by atoms with E-state index in [2.05, 4.69) is 26.6 Å². The molecule has 1 unspecified atom stereocenters. The molecule has 2 aromatic rings. The quantitative estimate of drug-likeness (QED) is 0.604. The zero-order valence-corrected chi connectivity index (χ0v) is 21.1. The Morgan fingerprint density at radius 1 is 0.824 bits per heavy atom. The highest BCUT2D eigenvalue weighted by atomic mass is 79.9. The van der Waals surface area contributed by atoms with Crippen molar-refractivity contribution < 1.29 is 14.4 Å². The van der Waals surface area contributed by atoms with Crippen molar-refractivity contribution in [2.75, 3.05) is 13.1 Å². The number of carbonyl (C=O) groups excluding carboxylic acids is 3. The molecule has 6 nitrogen and oxygen atoms in total. The van der Waals surface area contributed by atoms with Crippen LogP contribution in [0.1, 0.15) is 64.8 Å². The molecule has 1 saturated heterocycles. The molecule has 2 N–H and O–H groups in total. The van der Waals surface area contributed by atoms with Crippen LogP contribution >= 0.6 is 15.9 Å². The van der Waals surface area contributed by atoms with E-state index in [0.29, 0.717) is 37.1 Å². The lowest BCUT2D eigenvalue weighted by molar-refractivity contribution is -0.127. The average Bonchev–Trinajstić information content (AvgIpc) is 2.85. The molecule has 1 aliphatic carbocycles. The Balaban J connectivity index is 1.32. The first kappa shape index (κ1) is 24.5. The lowest BCUT2D eigenvalue weighted by atomic mass is 9.88. The highest BCUT2D eigenvalue weighted by Gasteiger charge is 2.33. The third kappa shape index (κ3) is 5.69. The van der Waals surface area contributed by atoms with E-state index in [0.717, 1.165) is 35.7 Å². The van der Waals surface area contributed by atoms with E-state index in [4.69, 9.17) is 0 Å². The van der Waals surface area contributed by atoms with E-state index >= 15 is 0 Å². The van der Waals surface area contributed by atoms with Gasteiger partial charge >= 0.3 is 0 Å². The van der Waals surface area contributed by atoms with Crippen LogP contribution in [-0.2, 0) is 4.79 Å². The number of nitrogens with zero attached hydrogens (tertiary/aromatic N) is 1. The number of benzene rings is 2. The minimum Gasteiger partial charge on any atom is -0.351 e. The van der Waals surface area contributed by atoms with E-state index in [1.807, 2.05) is 60.4 Å². The van der Waals surface area contributed by atoms with Gasteiger partial charge in [0.05, 0.1) is 5.56 Å². The van der Waals surface area contributed by atoms with Gasteiger partial charge in [-0.3, -0.25) is 14.4 Å². The molecule has 2 fully saturated rings. The largest absolute Gasteiger partial charge is 0.351 e. The van der Waals surface area contributed by atoms with Crippen LogP contribution in [0.25, 0.3) is 0 Å². The molecule has 3 amide bonds. The first-order valence-corrected chi connectivity index (χ1v) is 12.9. The van der Waals surface area contributed by atoms with Crippen molar-refractivity contribution in [2.45, 2.75) is 57.5 Å². The minimum absolute atomic E-state index is 0.00223. The van der Waals surface area contributed by atoms with Gasteiger partial charge in [0, 0.05) is 41.1 Å². The molecular formula is C27H32BrN3O3. The van der Waals surface area contributed by atoms with Gasteiger partial charge in [0.25, 0.3) is 11.8 Å². The summed E-state index contributed by atoms with van der Waals surface area (Å²) in [4.78, 5) is 40.6. The standard InChI is InChI=1S/C27H32BrN3O3/c1-18-8-2-3-9-20(18)26(33)30-24-13-7-6-12-23(24)29-25(32)19-14-16-31(17-15-19)27(34)21-10-4-5-11-22(21)28/h2-5,8-11,19,23-24H,6-7,12-17H2,1H3,(H,29,32)(H,30,33)/t23?,24-/m1/s1. The number of hydrogen-bond acceptors (Lipinski definition) is 3. The van der Waals surface area contributed by atoms with Crippen molar-refractivity contribution in [3.05, 3.63) is 69.7 Å². The number of nitrogens with one attached hydrogen (secondary N) is 2. The molecule has 1 saturated carbocycles. The van der Waals surface area contributed by atoms with Crippen LogP contribution in [0, 0.1) is 12.8 Å². The molecule has 0 spiro atoms. The van der Waals surface area contributed by atoms with Crippen LogP contribution in [0.15, 0.2) is 53.0 Å². The normalized spacial score (nSPS) is 21.1. The monoisotopic (exact) mass is 525 g/mol. The fourth-order valence-corrected chi connectivity index (χ4v) is 5.45. The number of likely N-dealkylation sites (tertiary alicyclic amines) is 1. The summed E-state index contributed by atoms with van der Waals surface area (Å²) in [6, 6.07) is 14.9. The Labute approximate surface area is 209 Å². The van der Waals surface area contributed by atoms with Gasteiger partial charge in [-0.2, -0.15) is 0 Å². The van der Waals surface area contributed by atoms with Gasteiger partial charge in [-0.1, -0.05) is 43.2 Å². The van der Waals surface area contributed by atoms with E-state index in [1.54, 1.807) is 0 Å². The summed E-state index contributed by atoms with van der Waals surface area (Å²) in [5, 5.41) is 6.40. The first-order valence-electron chi connectivity index (χ1n) is 12.1. The molecule has 0 bridgehead atoms. The molecule has 2 atom stereocenters. The summed E-state index contributed by atoms with van der Waals surface area (Å²) in [6.45, 7) is 3.06. The fraction of sp³-hybridized carbons (Fsp3) is 0.444. The van der Waals surface area contributed by atoms with Gasteiger partial charge in [0.1, 0.15) is 0 Å². The molecule has 34 heavy (non-hydrogen) atoms. The second-order valence-corrected chi connectivity index (χ2v) is 10.2. The number of hydrogen-bond donors (Lipinski definition) is 2. The Hall–Kier alpha value is -2.67. The van der Waals surface area contributed by atoms with Crippen LogP contribution < -0.4 is 10.6 Å². The van der Waals surface area contributed by atoms with E-state index < -0.39 is 0 Å². The number of halogens is 1. The lowest BCUT2D eigenvalue weighted by Gasteiger charge is -2.36. The molecule has 1 aliphatic heterocycles. The average molecular weight is 526 g/mol. The van der Waals surface area contributed by atoms with E-state index in [1.165, 1.54) is 0 Å². The molecule has 180 valence electrons. The second kappa shape index (κ2) is 11.2. The van der Waals surface area contributed by atoms with Gasteiger partial charge < -0.3 is 15.5 Å². The second-order valence-electron chi connectivity index (χ2n) is 9.34. The van der Waals surface area contributed by atoms with Crippen molar-refractivity contribution in [1.29, 1.82) is 0 Å². The number of rotatable bonds is 5. The van der Waals surface area contributed by atoms with Crippen molar-refractivity contribution in [3.8, 4) is 0 Å². The summed E-state index contributed by atoms with van der Waals surface area (Å²) in [6.07, 6.45) is 5.11. The van der Waals surface area contributed by atoms with Gasteiger partial charge in [0.15, 0.2) is 0 Å². The zero-order chi connectivity index (χ0) is 24.1. The van der Waals surface area contributed by atoms with Gasteiger partial charge in [-0.15, -0.1) is 0 Å². The van der Waals surface area contributed by atoms with Crippen molar-refractivity contribution in [1.82, 2.24) is 15.5 Å². The van der Waals surface area contributed by atoms with Crippen LogP contribution in [0.5, 0.6) is 0 Å². The Morgan fingerprint density at radius 2 is 1.41 bits per heavy atom. The Bertz CT molecular complexity index is 1050. The summed E-state index contributed by atoms with van der Waals surface area (Å²) < 4.78 is 0.788. The topological polar surface area (TPSA) is 78.5 Å². The van der Waals surface area contributed by atoms with Crippen molar-refractivity contribution in [2.24, 2.45) is 5.92 Å². The maximum absolute atomic E-state index is 13.1. The Kier molecular flexibility index (Phi) is 8.03. The van der Waals surface area contributed by atoms with Crippen LogP contribution in [0.4, 0.5) is 0 Å². The lowest BCUT2D eigenvalue weighted by Crippen LogP contribution is -2.55. The maximum atomic E-state index is 13.1. The summed E-state index contributed by atoms with van der Waals surface area (Å²) in [5.74, 6) is -0.159. The SMILES string of the molecule is Cc1ccccc1C(=O)N[C@@H]1CCCCC1NC(=O)C1CCN(C(=O)c2ccccc2Br)CC1. The molecule has 7 heteroatoms. The van der Waals surface area contributed by atoms with Gasteiger partial charge in [-0.05, 0) is 72.3 Å². The van der Waals surface area contributed by atoms with Gasteiger partial charge in [0.2, 0.25) is 5.91 Å². The zero-order valence-electron chi connectivity index (χ0n) is 19.6. The van der Waals surface area contributed by atoms with Crippen LogP contribution in [-0.4, -0.2) is 47.8 Å². The summed E-state index contributed by atoms with van der Waals surface area (Å²) >= 11 is 3.45. The van der Waals surface area contributed by atoms with Crippen molar-refractivity contribution in [3.63, 3.8) is 0 Å². The predicted molar refractivity (Wildman–Crippen MR) is 136 cm³/mol. The maximum Gasteiger partial charge on any atom is 0.254 e. The molecule has 2 aliphatic rings. The first-order chi connectivity index (χ1) is 16.4. The number of amides is 3. The fourth-order valence-electron chi connectivity index (χ4n) is 5.00. The van der Waals surface area contributed by atoms with E-state index in [-0.39, 0.29) is 35.7 Å². The minimum atomic E-state index is -0.113. The molecular weight excluding hydrogens is 494 g/mol. The number of piperidine rings is 1. The van der Waals surface area contributed by atoms with Gasteiger partial charge in [-0.25, -0.2) is 0 Å². The number of carbonyl (C=O) groups is 3. The van der Waals surface area contributed by atoms with E-state index in [9.17, 15) is 14.4 Å². The highest BCUT2D eigenvalue weighted by Crippen LogP contribution is 2.25. The molecule has 2 aromatic carbocycles. The molecule has 1 heterocycles. The highest BCUT2D eigenvalue weighted by molar-refractivity contribution is 9.10. The van der Waals surface area contributed by atoms with Crippen molar-refractivity contribution >= 4 is 33.7 Å². The summed E-state index contributed by atoms with van der Waals surface area (Å²) in [7, 11) is 0.